The van der Waals surface area contributed by atoms with Crippen molar-refractivity contribution in [1.29, 1.82) is 0 Å². The van der Waals surface area contributed by atoms with E-state index in [-0.39, 0.29) is 0 Å². The lowest BCUT2D eigenvalue weighted by molar-refractivity contribution is 0.109. The normalized spacial score (nSPS) is 24.9. The third-order valence-corrected chi connectivity index (χ3v) is 3.00. The van der Waals surface area contributed by atoms with Crippen LogP contribution in [0.5, 0.6) is 0 Å². The van der Waals surface area contributed by atoms with E-state index in [4.69, 9.17) is 4.74 Å². The molecule has 1 saturated heterocycles. The SMILES string of the molecule is COCCCN1CCCCCC1CO. The molecule has 0 aliphatic carbocycles. The maximum atomic E-state index is 9.27. The zero-order valence-electron chi connectivity index (χ0n) is 9.24. The smallest absolute Gasteiger partial charge is 0.0586 e. The van der Waals surface area contributed by atoms with Gasteiger partial charge in [-0.25, -0.2) is 0 Å². The Balaban J connectivity index is 2.28. The van der Waals surface area contributed by atoms with Crippen molar-refractivity contribution in [1.82, 2.24) is 4.90 Å². The monoisotopic (exact) mass is 201 g/mol. The van der Waals surface area contributed by atoms with E-state index < -0.39 is 0 Å². The van der Waals surface area contributed by atoms with E-state index in [2.05, 4.69) is 4.90 Å². The maximum absolute atomic E-state index is 9.27. The Bertz CT molecular complexity index is 141. The lowest BCUT2D eigenvalue weighted by Crippen LogP contribution is -2.38. The second-order valence-electron chi connectivity index (χ2n) is 4.07. The molecule has 1 aliphatic heterocycles. The number of likely N-dealkylation sites (tertiary alicyclic amines) is 1. The summed E-state index contributed by atoms with van der Waals surface area (Å²) in [5.74, 6) is 0. The van der Waals surface area contributed by atoms with Crippen molar-refractivity contribution in [2.45, 2.75) is 38.1 Å². The number of rotatable bonds is 5. The van der Waals surface area contributed by atoms with Crippen molar-refractivity contribution >= 4 is 0 Å². The van der Waals surface area contributed by atoms with E-state index in [0.29, 0.717) is 12.6 Å². The first kappa shape index (κ1) is 12.0. The van der Waals surface area contributed by atoms with Crippen molar-refractivity contribution in [3.05, 3.63) is 0 Å². The molecule has 1 N–H and O–H groups in total. The first-order valence-corrected chi connectivity index (χ1v) is 5.72. The minimum absolute atomic E-state index is 0.312. The minimum Gasteiger partial charge on any atom is -0.395 e. The number of ether oxygens (including phenoxy) is 1. The van der Waals surface area contributed by atoms with Crippen LogP contribution < -0.4 is 0 Å². The number of aliphatic hydroxyl groups is 1. The average molecular weight is 201 g/mol. The Morgan fingerprint density at radius 1 is 1.36 bits per heavy atom. The summed E-state index contributed by atoms with van der Waals surface area (Å²) in [5, 5.41) is 9.27. The van der Waals surface area contributed by atoms with Crippen LogP contribution in [0.3, 0.4) is 0 Å². The van der Waals surface area contributed by atoms with Crippen molar-refractivity contribution in [3.63, 3.8) is 0 Å². The molecule has 1 rings (SSSR count). The van der Waals surface area contributed by atoms with Gasteiger partial charge in [0.25, 0.3) is 0 Å². The lowest BCUT2D eigenvalue weighted by Gasteiger charge is -2.28. The summed E-state index contributed by atoms with van der Waals surface area (Å²) in [6.45, 7) is 3.36. The molecule has 0 spiro atoms. The van der Waals surface area contributed by atoms with Crippen LogP contribution in [-0.4, -0.2) is 49.5 Å². The molecule has 3 nitrogen and oxygen atoms in total. The van der Waals surface area contributed by atoms with E-state index in [1.807, 2.05) is 0 Å². The second-order valence-corrected chi connectivity index (χ2v) is 4.07. The average Bonchev–Trinajstić information content (AvgIpc) is 2.43. The molecule has 84 valence electrons. The van der Waals surface area contributed by atoms with Crippen molar-refractivity contribution < 1.29 is 9.84 Å². The van der Waals surface area contributed by atoms with Gasteiger partial charge in [0.1, 0.15) is 0 Å². The first-order chi connectivity index (χ1) is 6.88. The minimum atomic E-state index is 0.312. The van der Waals surface area contributed by atoms with Gasteiger partial charge in [-0.15, -0.1) is 0 Å². The molecular formula is C11H23NO2. The molecular weight excluding hydrogens is 178 g/mol. The van der Waals surface area contributed by atoms with Gasteiger partial charge < -0.3 is 9.84 Å². The number of aliphatic hydroxyl groups excluding tert-OH is 1. The molecule has 0 aromatic rings. The highest BCUT2D eigenvalue weighted by Crippen LogP contribution is 2.16. The largest absolute Gasteiger partial charge is 0.395 e. The van der Waals surface area contributed by atoms with Crippen LogP contribution in [0.1, 0.15) is 32.1 Å². The highest BCUT2D eigenvalue weighted by Gasteiger charge is 2.19. The standard InChI is InChI=1S/C11H23NO2/c1-14-9-5-8-12-7-4-2-3-6-11(12)10-13/h11,13H,2-10H2,1H3. The molecule has 0 saturated carbocycles. The van der Waals surface area contributed by atoms with E-state index >= 15 is 0 Å². The molecule has 0 aromatic heterocycles. The summed E-state index contributed by atoms with van der Waals surface area (Å²) in [6.07, 6.45) is 6.10. The summed E-state index contributed by atoms with van der Waals surface area (Å²) < 4.78 is 5.04. The van der Waals surface area contributed by atoms with Gasteiger partial charge in [-0.05, 0) is 25.8 Å². The predicted octanol–water partition coefficient (Wildman–Crippen LogP) is 1.26. The highest BCUT2D eigenvalue weighted by atomic mass is 16.5. The molecule has 3 heteroatoms. The van der Waals surface area contributed by atoms with Crippen LogP contribution >= 0.6 is 0 Å². The fourth-order valence-corrected chi connectivity index (χ4v) is 2.15. The number of hydrogen-bond acceptors (Lipinski definition) is 3. The maximum Gasteiger partial charge on any atom is 0.0586 e. The van der Waals surface area contributed by atoms with Crippen LogP contribution in [0, 0.1) is 0 Å². The van der Waals surface area contributed by atoms with Gasteiger partial charge in [-0.1, -0.05) is 12.8 Å². The molecule has 0 amide bonds. The van der Waals surface area contributed by atoms with Crippen LogP contribution in [0.4, 0.5) is 0 Å². The summed E-state index contributed by atoms with van der Waals surface area (Å²) >= 11 is 0. The molecule has 1 heterocycles. The van der Waals surface area contributed by atoms with Crippen molar-refractivity contribution in [2.24, 2.45) is 0 Å². The number of hydrogen-bond donors (Lipinski definition) is 1. The van der Waals surface area contributed by atoms with Crippen LogP contribution in [0.15, 0.2) is 0 Å². The first-order valence-electron chi connectivity index (χ1n) is 5.72. The van der Waals surface area contributed by atoms with Gasteiger partial charge in [0.2, 0.25) is 0 Å². The fraction of sp³-hybridized carbons (Fsp3) is 1.00. The van der Waals surface area contributed by atoms with E-state index in [1.165, 1.54) is 19.3 Å². The van der Waals surface area contributed by atoms with E-state index in [0.717, 1.165) is 32.5 Å². The van der Waals surface area contributed by atoms with Gasteiger partial charge in [-0.2, -0.15) is 0 Å². The molecule has 0 bridgehead atoms. The third-order valence-electron chi connectivity index (χ3n) is 3.00. The van der Waals surface area contributed by atoms with Gasteiger partial charge in [-0.3, -0.25) is 4.90 Å². The topological polar surface area (TPSA) is 32.7 Å². The Morgan fingerprint density at radius 3 is 2.93 bits per heavy atom. The Hall–Kier alpha value is -0.120. The summed E-state index contributed by atoms with van der Waals surface area (Å²) in [7, 11) is 1.74. The molecule has 1 fully saturated rings. The molecule has 0 aromatic carbocycles. The molecule has 1 aliphatic rings. The fourth-order valence-electron chi connectivity index (χ4n) is 2.15. The van der Waals surface area contributed by atoms with Crippen LogP contribution in [-0.2, 0) is 4.74 Å². The summed E-state index contributed by atoms with van der Waals surface area (Å²) in [4.78, 5) is 2.42. The Kier molecular flexibility index (Phi) is 6.15. The number of nitrogens with zero attached hydrogens (tertiary/aromatic N) is 1. The molecule has 1 unspecified atom stereocenters. The summed E-state index contributed by atoms with van der Waals surface area (Å²) in [6, 6.07) is 0.398. The van der Waals surface area contributed by atoms with E-state index in [9.17, 15) is 5.11 Å². The van der Waals surface area contributed by atoms with Gasteiger partial charge in [0.05, 0.1) is 6.61 Å². The van der Waals surface area contributed by atoms with Crippen LogP contribution in [0.2, 0.25) is 0 Å². The number of methoxy groups -OCH3 is 1. The zero-order chi connectivity index (χ0) is 10.2. The lowest BCUT2D eigenvalue weighted by atomic mass is 10.1. The van der Waals surface area contributed by atoms with Crippen LogP contribution in [0.25, 0.3) is 0 Å². The summed E-state index contributed by atoms with van der Waals surface area (Å²) in [5.41, 5.74) is 0. The Morgan fingerprint density at radius 2 is 2.21 bits per heavy atom. The second kappa shape index (κ2) is 7.21. The van der Waals surface area contributed by atoms with Crippen molar-refractivity contribution in [2.75, 3.05) is 33.4 Å². The van der Waals surface area contributed by atoms with Crippen molar-refractivity contribution in [3.8, 4) is 0 Å². The Labute approximate surface area is 87.1 Å². The molecule has 14 heavy (non-hydrogen) atoms. The molecule has 0 radical (unpaired) electrons. The highest BCUT2D eigenvalue weighted by molar-refractivity contribution is 4.74. The third kappa shape index (κ3) is 3.95. The van der Waals surface area contributed by atoms with Gasteiger partial charge in [0, 0.05) is 26.3 Å². The molecule has 1 atom stereocenters. The predicted molar refractivity (Wildman–Crippen MR) is 57.4 cm³/mol. The van der Waals surface area contributed by atoms with Gasteiger partial charge in [0.15, 0.2) is 0 Å². The zero-order valence-corrected chi connectivity index (χ0v) is 9.24. The van der Waals surface area contributed by atoms with Gasteiger partial charge >= 0.3 is 0 Å². The van der Waals surface area contributed by atoms with E-state index in [1.54, 1.807) is 7.11 Å². The quantitative estimate of drug-likeness (QED) is 0.680.